The first-order chi connectivity index (χ1) is 7.75. The van der Waals surface area contributed by atoms with E-state index in [1.807, 2.05) is 30.8 Å². The van der Waals surface area contributed by atoms with Crippen LogP contribution in [0.5, 0.6) is 0 Å². The van der Waals surface area contributed by atoms with Crippen molar-refractivity contribution in [3.05, 3.63) is 35.9 Å². The third-order valence-corrected chi connectivity index (χ3v) is 2.38. The molecular weight excluding hydrogens is 202 g/mol. The number of hydrogen-bond acceptors (Lipinski definition) is 4. The molecule has 0 saturated carbocycles. The third-order valence-electron chi connectivity index (χ3n) is 2.38. The molecular formula is C11H15N5. The van der Waals surface area contributed by atoms with Crippen LogP contribution in [0.4, 0.5) is 5.95 Å². The summed E-state index contributed by atoms with van der Waals surface area (Å²) in [5, 5.41) is 7.30. The summed E-state index contributed by atoms with van der Waals surface area (Å²) in [6, 6.07) is 3.89. The molecule has 0 aliphatic rings. The summed E-state index contributed by atoms with van der Waals surface area (Å²) in [5.74, 6) is 0.683. The Labute approximate surface area is 94.5 Å². The maximum Gasteiger partial charge on any atom is 0.222 e. The molecule has 5 nitrogen and oxygen atoms in total. The summed E-state index contributed by atoms with van der Waals surface area (Å²) < 4.78 is 1.87. The van der Waals surface area contributed by atoms with Gasteiger partial charge in [-0.05, 0) is 19.1 Å². The number of aryl methyl sites for hydroxylation is 2. The second-order valence-electron chi connectivity index (χ2n) is 3.64. The Balaban J connectivity index is 1.87. The van der Waals surface area contributed by atoms with E-state index in [-0.39, 0.29) is 0 Å². The van der Waals surface area contributed by atoms with Crippen LogP contribution in [0.15, 0.2) is 24.5 Å². The maximum atomic E-state index is 4.27. The molecule has 5 heteroatoms. The van der Waals surface area contributed by atoms with Crippen LogP contribution in [0.1, 0.15) is 11.4 Å². The van der Waals surface area contributed by atoms with Crippen LogP contribution < -0.4 is 5.32 Å². The van der Waals surface area contributed by atoms with Crippen LogP contribution in [0.3, 0.4) is 0 Å². The molecule has 84 valence electrons. The van der Waals surface area contributed by atoms with E-state index in [1.165, 1.54) is 5.69 Å². The monoisotopic (exact) mass is 217 g/mol. The van der Waals surface area contributed by atoms with Gasteiger partial charge >= 0.3 is 0 Å². The van der Waals surface area contributed by atoms with Crippen molar-refractivity contribution in [3.63, 3.8) is 0 Å². The predicted molar refractivity (Wildman–Crippen MR) is 62.2 cm³/mol. The normalized spacial score (nSPS) is 10.4. The number of anilines is 1. The summed E-state index contributed by atoms with van der Waals surface area (Å²) in [7, 11) is 1.94. The molecule has 0 aliphatic carbocycles. The lowest BCUT2D eigenvalue weighted by atomic mass is 10.3. The van der Waals surface area contributed by atoms with Gasteiger partial charge < -0.3 is 5.32 Å². The fourth-order valence-electron chi connectivity index (χ4n) is 1.48. The van der Waals surface area contributed by atoms with E-state index in [2.05, 4.69) is 20.4 Å². The van der Waals surface area contributed by atoms with Crippen LogP contribution in [0.2, 0.25) is 0 Å². The highest BCUT2D eigenvalue weighted by molar-refractivity contribution is 5.24. The molecule has 0 unspecified atom stereocenters. The van der Waals surface area contributed by atoms with Gasteiger partial charge in [0.05, 0.1) is 0 Å². The Hall–Kier alpha value is -1.91. The molecule has 0 fully saturated rings. The number of rotatable bonds is 4. The van der Waals surface area contributed by atoms with Crippen molar-refractivity contribution < 1.29 is 0 Å². The average Bonchev–Trinajstić information content (AvgIpc) is 2.65. The number of aromatic nitrogens is 4. The molecule has 0 radical (unpaired) electrons. The van der Waals surface area contributed by atoms with Crippen molar-refractivity contribution in [2.75, 3.05) is 11.9 Å². The Kier molecular flexibility index (Phi) is 3.14. The first-order valence-corrected chi connectivity index (χ1v) is 5.26. The Morgan fingerprint density at radius 1 is 1.31 bits per heavy atom. The minimum Gasteiger partial charge on any atom is -0.354 e. The van der Waals surface area contributed by atoms with Gasteiger partial charge in [0.15, 0.2) is 0 Å². The molecule has 2 aromatic heterocycles. The highest BCUT2D eigenvalue weighted by atomic mass is 15.3. The van der Waals surface area contributed by atoms with Crippen molar-refractivity contribution in [1.29, 1.82) is 0 Å². The van der Waals surface area contributed by atoms with Gasteiger partial charge in [0, 0.05) is 43.8 Å². The zero-order chi connectivity index (χ0) is 11.4. The standard InChI is InChI=1S/C11H15N5/c1-9-3-6-12-11(15-9)13-7-4-10-5-8-14-16(10)2/h3,5-6,8H,4,7H2,1-2H3,(H,12,13,15). The van der Waals surface area contributed by atoms with Crippen LogP contribution in [-0.2, 0) is 13.5 Å². The van der Waals surface area contributed by atoms with Crippen molar-refractivity contribution in [1.82, 2.24) is 19.7 Å². The Morgan fingerprint density at radius 3 is 2.88 bits per heavy atom. The first kappa shape index (κ1) is 10.6. The van der Waals surface area contributed by atoms with E-state index in [0.717, 1.165) is 18.7 Å². The molecule has 0 aromatic carbocycles. The molecule has 0 spiro atoms. The predicted octanol–water partition coefficient (Wildman–Crippen LogP) is 1.17. The molecule has 0 aliphatic heterocycles. The van der Waals surface area contributed by atoms with Crippen LogP contribution >= 0.6 is 0 Å². The van der Waals surface area contributed by atoms with Gasteiger partial charge in [-0.15, -0.1) is 0 Å². The van der Waals surface area contributed by atoms with Crippen molar-refractivity contribution >= 4 is 5.95 Å². The molecule has 0 atom stereocenters. The largest absolute Gasteiger partial charge is 0.354 e. The lowest BCUT2D eigenvalue weighted by Gasteiger charge is -2.05. The minimum absolute atomic E-state index is 0.683. The number of nitrogens with one attached hydrogen (secondary N) is 1. The third kappa shape index (κ3) is 2.56. The summed E-state index contributed by atoms with van der Waals surface area (Å²) in [4.78, 5) is 8.41. The van der Waals surface area contributed by atoms with E-state index in [1.54, 1.807) is 12.4 Å². The zero-order valence-corrected chi connectivity index (χ0v) is 9.51. The van der Waals surface area contributed by atoms with Crippen molar-refractivity contribution in [2.24, 2.45) is 7.05 Å². The van der Waals surface area contributed by atoms with Crippen LogP contribution in [0, 0.1) is 6.92 Å². The van der Waals surface area contributed by atoms with Crippen LogP contribution in [-0.4, -0.2) is 26.3 Å². The topological polar surface area (TPSA) is 55.6 Å². The van der Waals surface area contributed by atoms with Gasteiger partial charge in [-0.2, -0.15) is 5.10 Å². The molecule has 2 rings (SSSR count). The van der Waals surface area contributed by atoms with Gasteiger partial charge in [0.25, 0.3) is 0 Å². The average molecular weight is 217 g/mol. The summed E-state index contributed by atoms with van der Waals surface area (Å²) in [6.07, 6.45) is 4.47. The molecule has 0 bridgehead atoms. The fourth-order valence-corrected chi connectivity index (χ4v) is 1.48. The highest BCUT2D eigenvalue weighted by Crippen LogP contribution is 2.01. The lowest BCUT2D eigenvalue weighted by molar-refractivity contribution is 0.710. The summed E-state index contributed by atoms with van der Waals surface area (Å²) >= 11 is 0. The quantitative estimate of drug-likeness (QED) is 0.835. The van der Waals surface area contributed by atoms with E-state index in [0.29, 0.717) is 5.95 Å². The summed E-state index contributed by atoms with van der Waals surface area (Å²) in [6.45, 7) is 2.76. The summed E-state index contributed by atoms with van der Waals surface area (Å²) in [5.41, 5.74) is 2.16. The van der Waals surface area contributed by atoms with Gasteiger partial charge in [-0.25, -0.2) is 9.97 Å². The SMILES string of the molecule is Cc1ccnc(NCCc2ccnn2C)n1. The molecule has 16 heavy (non-hydrogen) atoms. The molecule has 2 heterocycles. The number of nitrogens with zero attached hydrogens (tertiary/aromatic N) is 4. The maximum absolute atomic E-state index is 4.27. The van der Waals surface area contributed by atoms with E-state index < -0.39 is 0 Å². The van der Waals surface area contributed by atoms with Crippen molar-refractivity contribution in [2.45, 2.75) is 13.3 Å². The zero-order valence-electron chi connectivity index (χ0n) is 9.51. The van der Waals surface area contributed by atoms with E-state index in [4.69, 9.17) is 0 Å². The van der Waals surface area contributed by atoms with Gasteiger partial charge in [-0.3, -0.25) is 4.68 Å². The Morgan fingerprint density at radius 2 is 2.19 bits per heavy atom. The van der Waals surface area contributed by atoms with Crippen molar-refractivity contribution in [3.8, 4) is 0 Å². The van der Waals surface area contributed by atoms with E-state index >= 15 is 0 Å². The van der Waals surface area contributed by atoms with Gasteiger partial charge in [-0.1, -0.05) is 0 Å². The van der Waals surface area contributed by atoms with Crippen LogP contribution in [0.25, 0.3) is 0 Å². The first-order valence-electron chi connectivity index (χ1n) is 5.26. The Bertz CT molecular complexity index is 463. The molecule has 0 amide bonds. The van der Waals surface area contributed by atoms with Gasteiger partial charge in [0.1, 0.15) is 0 Å². The van der Waals surface area contributed by atoms with E-state index in [9.17, 15) is 0 Å². The highest BCUT2D eigenvalue weighted by Gasteiger charge is 1.99. The number of hydrogen-bond donors (Lipinski definition) is 1. The lowest BCUT2D eigenvalue weighted by Crippen LogP contribution is -2.10. The second kappa shape index (κ2) is 4.74. The van der Waals surface area contributed by atoms with Gasteiger partial charge in [0.2, 0.25) is 5.95 Å². The molecule has 0 saturated heterocycles. The second-order valence-corrected chi connectivity index (χ2v) is 3.64. The molecule has 1 N–H and O–H groups in total. The molecule has 2 aromatic rings. The fraction of sp³-hybridized carbons (Fsp3) is 0.364. The minimum atomic E-state index is 0.683. The smallest absolute Gasteiger partial charge is 0.222 e.